The summed E-state index contributed by atoms with van der Waals surface area (Å²) in [5, 5.41) is 27.9. The first kappa shape index (κ1) is 23.9. The van der Waals surface area contributed by atoms with E-state index in [1.807, 2.05) is 42.5 Å². The fourth-order valence-electron chi connectivity index (χ4n) is 6.06. The van der Waals surface area contributed by atoms with E-state index in [0.29, 0.717) is 18.4 Å². The maximum absolute atomic E-state index is 11.6. The molecule has 192 valence electrons. The smallest absolute Gasteiger partial charge is 0.335 e. The molecule has 0 radical (unpaired) electrons. The van der Waals surface area contributed by atoms with Crippen LogP contribution in [0.5, 0.6) is 0 Å². The van der Waals surface area contributed by atoms with E-state index >= 15 is 0 Å². The summed E-state index contributed by atoms with van der Waals surface area (Å²) >= 11 is 0. The molecule has 0 fully saturated rings. The Balaban J connectivity index is 1.67. The summed E-state index contributed by atoms with van der Waals surface area (Å²) in [7, 11) is 0. The van der Waals surface area contributed by atoms with E-state index in [9.17, 15) is 19.8 Å². The average molecular weight is 521 g/mol. The molecule has 0 aromatic heterocycles. The third kappa shape index (κ3) is 3.85. The first-order chi connectivity index (χ1) is 19.5. The molecule has 0 saturated carbocycles. The topological polar surface area (TPSA) is 74.6 Å². The van der Waals surface area contributed by atoms with Crippen molar-refractivity contribution >= 4 is 60.6 Å². The lowest BCUT2D eigenvalue weighted by atomic mass is 9.81. The molecule has 0 bridgehead atoms. The van der Waals surface area contributed by atoms with Crippen molar-refractivity contribution in [3.63, 3.8) is 0 Å². The fourth-order valence-corrected chi connectivity index (χ4v) is 6.06. The minimum absolute atomic E-state index is 0.248. The van der Waals surface area contributed by atoms with Crippen molar-refractivity contribution in [3.05, 3.63) is 126 Å². The van der Waals surface area contributed by atoms with Gasteiger partial charge in [0.1, 0.15) is 0 Å². The van der Waals surface area contributed by atoms with Crippen LogP contribution in [0.25, 0.3) is 59.8 Å². The summed E-state index contributed by atoms with van der Waals surface area (Å²) in [6.45, 7) is 0. The third-order valence-electron chi connectivity index (χ3n) is 8.01. The molecule has 4 nitrogen and oxygen atoms in total. The van der Waals surface area contributed by atoms with Crippen molar-refractivity contribution in [2.75, 3.05) is 0 Å². The van der Waals surface area contributed by atoms with E-state index < -0.39 is 11.9 Å². The van der Waals surface area contributed by atoms with Crippen LogP contribution in [0.3, 0.4) is 0 Å². The van der Waals surface area contributed by atoms with Crippen molar-refractivity contribution in [3.8, 4) is 11.1 Å². The van der Waals surface area contributed by atoms with Gasteiger partial charge in [-0.05, 0) is 115 Å². The summed E-state index contributed by atoms with van der Waals surface area (Å²) in [5.41, 5.74) is 4.90. The van der Waals surface area contributed by atoms with Gasteiger partial charge in [-0.3, -0.25) is 0 Å². The lowest BCUT2D eigenvalue weighted by Gasteiger charge is -2.22. The Kier molecular flexibility index (Phi) is 5.49. The van der Waals surface area contributed by atoms with Crippen LogP contribution in [-0.4, -0.2) is 22.2 Å². The highest BCUT2D eigenvalue weighted by Gasteiger charge is 2.22. The zero-order chi connectivity index (χ0) is 27.4. The summed E-state index contributed by atoms with van der Waals surface area (Å²) < 4.78 is 0. The molecular formula is C36H24O4. The number of carboxylic acid groups (broad SMARTS) is 2. The molecule has 2 N–H and O–H groups in total. The van der Waals surface area contributed by atoms with Gasteiger partial charge in [-0.15, -0.1) is 0 Å². The van der Waals surface area contributed by atoms with Gasteiger partial charge in [-0.1, -0.05) is 72.8 Å². The van der Waals surface area contributed by atoms with E-state index in [-0.39, 0.29) is 5.56 Å². The standard InChI is InChI=1S/C36H24O4/c37-35(38)23-13-9-21(10-14-23)33-29-17-25-5-1-2-6-26(25)18-30(29)34(22-11-15-24(16-12-22)36(39)40)32-20-28-8-4-3-7-27(28)19-31(32)33/h1-11,13-15,17-20H,12,16H2,(H,37,38)(H,39,40). The molecule has 0 unspecified atom stereocenters. The number of hydrogen-bond acceptors (Lipinski definition) is 2. The largest absolute Gasteiger partial charge is 0.478 e. The maximum atomic E-state index is 11.6. The third-order valence-corrected chi connectivity index (χ3v) is 8.01. The summed E-state index contributed by atoms with van der Waals surface area (Å²) in [5.74, 6) is -1.83. The zero-order valence-electron chi connectivity index (χ0n) is 21.5. The normalized spacial score (nSPS) is 13.5. The summed E-state index contributed by atoms with van der Waals surface area (Å²) in [4.78, 5) is 23.3. The predicted molar refractivity (Wildman–Crippen MR) is 162 cm³/mol. The van der Waals surface area contributed by atoms with Crippen molar-refractivity contribution in [2.24, 2.45) is 0 Å². The van der Waals surface area contributed by atoms with Gasteiger partial charge in [0.15, 0.2) is 0 Å². The second-order valence-electron chi connectivity index (χ2n) is 10.3. The molecule has 0 saturated heterocycles. The lowest BCUT2D eigenvalue weighted by Crippen LogP contribution is -2.04. The summed E-state index contributed by atoms with van der Waals surface area (Å²) in [6.07, 6.45) is 4.81. The number of hydrogen-bond donors (Lipinski definition) is 2. The van der Waals surface area contributed by atoms with E-state index in [4.69, 9.17) is 0 Å². The molecule has 0 aliphatic heterocycles. The van der Waals surface area contributed by atoms with Gasteiger partial charge in [0, 0.05) is 5.57 Å². The van der Waals surface area contributed by atoms with Gasteiger partial charge >= 0.3 is 11.9 Å². The Morgan fingerprint density at radius 3 is 1.40 bits per heavy atom. The SMILES string of the molecule is O=C(O)C1=CC=C(c2c3cc4ccccc4cc3c(-c3ccc(C(=O)O)cc3)c3cc4ccccc4cc23)CC1. The Morgan fingerprint density at radius 2 is 1.00 bits per heavy atom. The van der Waals surface area contributed by atoms with Crippen molar-refractivity contribution in [2.45, 2.75) is 12.8 Å². The van der Waals surface area contributed by atoms with Crippen molar-refractivity contribution < 1.29 is 19.8 Å². The van der Waals surface area contributed by atoms with Gasteiger partial charge in [0.05, 0.1) is 5.56 Å². The fraction of sp³-hybridized carbons (Fsp3) is 0.0556. The van der Waals surface area contributed by atoms with Crippen molar-refractivity contribution in [1.82, 2.24) is 0 Å². The molecule has 1 aliphatic carbocycles. The van der Waals surface area contributed by atoms with E-state index in [1.165, 1.54) is 0 Å². The highest BCUT2D eigenvalue weighted by Crippen LogP contribution is 2.46. The molecule has 0 atom stereocenters. The van der Waals surface area contributed by atoms with Crippen LogP contribution in [-0.2, 0) is 4.79 Å². The first-order valence-electron chi connectivity index (χ1n) is 13.3. The van der Waals surface area contributed by atoms with Crippen molar-refractivity contribution in [1.29, 1.82) is 0 Å². The number of allylic oxidation sites excluding steroid dienone is 3. The minimum Gasteiger partial charge on any atom is -0.478 e. The minimum atomic E-state index is -0.952. The number of aromatic carboxylic acids is 1. The highest BCUT2D eigenvalue weighted by atomic mass is 16.4. The van der Waals surface area contributed by atoms with E-state index in [0.717, 1.165) is 65.4 Å². The number of aliphatic carboxylic acids is 1. The highest BCUT2D eigenvalue weighted by molar-refractivity contribution is 6.23. The van der Waals surface area contributed by atoms with Crippen LogP contribution in [0.2, 0.25) is 0 Å². The van der Waals surface area contributed by atoms with Gasteiger partial charge in [0.25, 0.3) is 0 Å². The van der Waals surface area contributed by atoms with Crippen LogP contribution >= 0.6 is 0 Å². The predicted octanol–water partition coefficient (Wildman–Crippen LogP) is 8.85. The molecule has 0 amide bonds. The van der Waals surface area contributed by atoms with Crippen LogP contribution in [0.15, 0.2) is 115 Å². The molecule has 4 heteroatoms. The maximum Gasteiger partial charge on any atom is 0.335 e. The van der Waals surface area contributed by atoms with Crippen LogP contribution < -0.4 is 0 Å². The number of rotatable bonds is 4. The number of benzene rings is 6. The zero-order valence-corrected chi connectivity index (χ0v) is 21.5. The van der Waals surface area contributed by atoms with Gasteiger partial charge in [0.2, 0.25) is 0 Å². The molecule has 6 aromatic rings. The molecule has 0 spiro atoms. The Labute approximate surface area is 230 Å². The van der Waals surface area contributed by atoms with E-state index in [2.05, 4.69) is 48.5 Å². The van der Waals surface area contributed by atoms with Gasteiger partial charge in [-0.25, -0.2) is 9.59 Å². The van der Waals surface area contributed by atoms with Gasteiger partial charge in [-0.2, -0.15) is 0 Å². The monoisotopic (exact) mass is 520 g/mol. The van der Waals surface area contributed by atoms with Gasteiger partial charge < -0.3 is 10.2 Å². The number of fused-ring (bicyclic) bond motifs is 4. The molecular weight excluding hydrogens is 496 g/mol. The lowest BCUT2D eigenvalue weighted by molar-refractivity contribution is -0.132. The second-order valence-corrected chi connectivity index (χ2v) is 10.3. The first-order valence-corrected chi connectivity index (χ1v) is 13.3. The summed E-state index contributed by atoms with van der Waals surface area (Å²) in [6, 6.07) is 32.6. The Bertz CT molecular complexity index is 2000. The molecule has 1 aliphatic rings. The molecule has 0 heterocycles. The molecule has 7 rings (SSSR count). The Morgan fingerprint density at radius 1 is 0.525 bits per heavy atom. The molecule has 6 aromatic carbocycles. The van der Waals surface area contributed by atoms with E-state index in [1.54, 1.807) is 18.2 Å². The average Bonchev–Trinajstić information content (AvgIpc) is 2.98. The molecule has 40 heavy (non-hydrogen) atoms. The second kappa shape index (κ2) is 9.21. The number of carbonyl (C=O) groups is 2. The Hall–Kier alpha value is -5.22. The number of carboxylic acids is 2. The van der Waals surface area contributed by atoms with Crippen LogP contribution in [0.4, 0.5) is 0 Å². The quantitative estimate of drug-likeness (QED) is 0.228. The van der Waals surface area contributed by atoms with Crippen LogP contribution in [0.1, 0.15) is 28.8 Å². The van der Waals surface area contributed by atoms with Crippen LogP contribution in [0, 0.1) is 0 Å².